The van der Waals surface area contributed by atoms with E-state index in [1.165, 1.54) is 0 Å². The molecule has 2 aromatic rings. The molecule has 0 atom stereocenters. The largest absolute Gasteiger partial charge is 0.426 e. The monoisotopic (exact) mass is 312 g/mol. The van der Waals surface area contributed by atoms with Gasteiger partial charge in [-0.1, -0.05) is 12.1 Å². The van der Waals surface area contributed by atoms with Gasteiger partial charge in [-0.25, -0.2) is 0 Å². The van der Waals surface area contributed by atoms with Gasteiger partial charge in [0.2, 0.25) is 0 Å². The molecule has 1 aliphatic carbocycles. The maximum absolute atomic E-state index is 12.1. The third-order valence-corrected chi connectivity index (χ3v) is 4.20. The minimum Gasteiger partial charge on any atom is -0.426 e. The summed E-state index contributed by atoms with van der Waals surface area (Å²) in [5, 5.41) is 4.27. The zero-order valence-electron chi connectivity index (χ0n) is 13.5. The number of hydrogen-bond donors (Lipinski definition) is 0. The molecule has 0 saturated heterocycles. The van der Waals surface area contributed by atoms with E-state index in [0.717, 1.165) is 29.7 Å². The first kappa shape index (κ1) is 15.5. The van der Waals surface area contributed by atoms with Crippen molar-refractivity contribution >= 4 is 11.8 Å². The second kappa shape index (κ2) is 6.36. The number of hydrogen-bond acceptors (Lipinski definition) is 4. The molecule has 0 aliphatic heterocycles. The summed E-state index contributed by atoms with van der Waals surface area (Å²) in [6, 6.07) is 5.35. The predicted molar refractivity (Wildman–Crippen MR) is 85.6 cm³/mol. The summed E-state index contributed by atoms with van der Waals surface area (Å²) in [6.45, 7) is 1.93. The summed E-state index contributed by atoms with van der Waals surface area (Å²) < 4.78 is 7.26. The Kier molecular flexibility index (Phi) is 4.28. The van der Waals surface area contributed by atoms with Crippen LogP contribution < -0.4 is 4.74 Å². The van der Waals surface area contributed by atoms with E-state index in [1.807, 2.05) is 26.2 Å². The molecule has 0 saturated carbocycles. The fourth-order valence-electron chi connectivity index (χ4n) is 3.05. The third-order valence-electron chi connectivity index (χ3n) is 4.20. The van der Waals surface area contributed by atoms with Crippen molar-refractivity contribution in [2.45, 2.75) is 39.0 Å². The van der Waals surface area contributed by atoms with Crippen molar-refractivity contribution in [1.82, 2.24) is 9.78 Å². The summed E-state index contributed by atoms with van der Waals surface area (Å²) in [5.74, 6) is 0.387. The van der Waals surface area contributed by atoms with Crippen molar-refractivity contribution in [3.8, 4) is 5.75 Å². The minimum absolute atomic E-state index is 0.134. The van der Waals surface area contributed by atoms with Crippen LogP contribution in [0, 0.1) is 6.92 Å². The molecule has 0 unspecified atom stereocenters. The molecular formula is C18H20N2O3. The number of nitrogens with zero attached hydrogens (tertiary/aromatic N) is 2. The van der Waals surface area contributed by atoms with Crippen molar-refractivity contribution in [2.24, 2.45) is 7.05 Å². The number of esters is 1. The Labute approximate surface area is 135 Å². The number of rotatable bonds is 4. The highest BCUT2D eigenvalue weighted by atomic mass is 16.5. The molecule has 1 aromatic carbocycles. The second-order valence-electron chi connectivity index (χ2n) is 5.95. The maximum atomic E-state index is 12.1. The summed E-state index contributed by atoms with van der Waals surface area (Å²) in [6.07, 6.45) is 4.99. The Morgan fingerprint density at radius 3 is 2.91 bits per heavy atom. The zero-order valence-corrected chi connectivity index (χ0v) is 13.5. The van der Waals surface area contributed by atoms with Gasteiger partial charge in [0, 0.05) is 30.8 Å². The quantitative estimate of drug-likeness (QED) is 0.643. The number of aromatic nitrogens is 2. The molecule has 1 heterocycles. The molecule has 3 rings (SSSR count). The first-order valence-electron chi connectivity index (χ1n) is 7.89. The number of aryl methyl sites for hydroxylation is 3. The number of carbonyl (C=O) groups is 2. The van der Waals surface area contributed by atoms with E-state index < -0.39 is 0 Å². The third kappa shape index (κ3) is 3.33. The molecule has 0 N–H and O–H groups in total. The van der Waals surface area contributed by atoms with Crippen LogP contribution in [0.2, 0.25) is 0 Å². The molecule has 120 valence electrons. The summed E-state index contributed by atoms with van der Waals surface area (Å²) in [7, 11) is 1.86. The molecule has 0 spiro atoms. The van der Waals surface area contributed by atoms with Gasteiger partial charge in [-0.2, -0.15) is 5.10 Å². The maximum Gasteiger partial charge on any atom is 0.311 e. The number of carbonyl (C=O) groups excluding carboxylic acids is 2. The molecule has 0 radical (unpaired) electrons. The minimum atomic E-state index is -0.278. The molecule has 5 heteroatoms. The number of benzene rings is 1. The van der Waals surface area contributed by atoms with Crippen molar-refractivity contribution < 1.29 is 14.3 Å². The van der Waals surface area contributed by atoms with E-state index in [9.17, 15) is 9.59 Å². The molecule has 0 amide bonds. The Bertz CT molecular complexity index is 762. The molecule has 0 bridgehead atoms. The first-order valence-corrected chi connectivity index (χ1v) is 7.89. The lowest BCUT2D eigenvalue weighted by Crippen LogP contribution is -2.15. The molecule has 1 aliphatic rings. The van der Waals surface area contributed by atoms with Gasteiger partial charge in [0.1, 0.15) is 5.75 Å². The van der Waals surface area contributed by atoms with E-state index in [-0.39, 0.29) is 11.8 Å². The average molecular weight is 312 g/mol. The Hall–Kier alpha value is -2.43. The van der Waals surface area contributed by atoms with Crippen LogP contribution in [0.25, 0.3) is 0 Å². The van der Waals surface area contributed by atoms with Crippen LogP contribution in [0.4, 0.5) is 0 Å². The van der Waals surface area contributed by atoms with Crippen LogP contribution in [0.15, 0.2) is 24.4 Å². The van der Waals surface area contributed by atoms with Gasteiger partial charge in [0.15, 0.2) is 5.78 Å². The van der Waals surface area contributed by atoms with Gasteiger partial charge in [-0.15, -0.1) is 0 Å². The molecule has 1 aromatic heterocycles. The van der Waals surface area contributed by atoms with Crippen molar-refractivity contribution in [3.05, 3.63) is 46.8 Å². The highest BCUT2D eigenvalue weighted by Crippen LogP contribution is 2.29. The molecular weight excluding hydrogens is 292 g/mol. The van der Waals surface area contributed by atoms with Gasteiger partial charge in [0.25, 0.3) is 0 Å². The molecule has 23 heavy (non-hydrogen) atoms. The van der Waals surface area contributed by atoms with Crippen LogP contribution in [0.5, 0.6) is 5.75 Å². The second-order valence-corrected chi connectivity index (χ2v) is 5.95. The van der Waals surface area contributed by atoms with Crippen molar-refractivity contribution in [1.29, 1.82) is 0 Å². The highest BCUT2D eigenvalue weighted by Gasteiger charge is 2.21. The summed E-state index contributed by atoms with van der Waals surface area (Å²) >= 11 is 0. The number of fused-ring (bicyclic) bond motifs is 1. The van der Waals surface area contributed by atoms with E-state index in [2.05, 4.69) is 5.10 Å². The fourth-order valence-corrected chi connectivity index (χ4v) is 3.05. The normalized spacial score (nSPS) is 13.7. The highest BCUT2D eigenvalue weighted by molar-refractivity contribution is 5.99. The van der Waals surface area contributed by atoms with Gasteiger partial charge in [-0.05, 0) is 37.8 Å². The van der Waals surface area contributed by atoms with Crippen LogP contribution >= 0.6 is 0 Å². The SMILES string of the molecule is Cc1nn(C)cc1CCC(=O)Oc1cccc2c1CCCC2=O. The fraction of sp³-hybridized carbons (Fsp3) is 0.389. The smallest absolute Gasteiger partial charge is 0.311 e. The molecule has 5 nitrogen and oxygen atoms in total. The number of Topliss-reactive ketones (excluding diaryl/α,β-unsaturated/α-hetero) is 1. The predicted octanol–water partition coefficient (Wildman–Crippen LogP) is 2.79. The lowest BCUT2D eigenvalue weighted by Gasteiger charge is -2.17. The van der Waals surface area contributed by atoms with E-state index in [4.69, 9.17) is 4.74 Å². The zero-order chi connectivity index (χ0) is 16.4. The lowest BCUT2D eigenvalue weighted by atomic mass is 9.90. The van der Waals surface area contributed by atoms with Gasteiger partial charge in [0.05, 0.1) is 12.1 Å². The Morgan fingerprint density at radius 1 is 1.35 bits per heavy atom. The van der Waals surface area contributed by atoms with Crippen molar-refractivity contribution in [2.75, 3.05) is 0 Å². The number of ether oxygens (including phenoxy) is 1. The van der Waals surface area contributed by atoms with E-state index in [1.54, 1.807) is 16.8 Å². The first-order chi connectivity index (χ1) is 11.0. The van der Waals surface area contributed by atoms with Gasteiger partial charge in [-0.3, -0.25) is 14.3 Å². The van der Waals surface area contributed by atoms with Crippen LogP contribution in [-0.4, -0.2) is 21.5 Å². The van der Waals surface area contributed by atoms with Crippen LogP contribution in [-0.2, 0) is 24.7 Å². The van der Waals surface area contributed by atoms with Crippen LogP contribution in [0.1, 0.15) is 46.4 Å². The van der Waals surface area contributed by atoms with Gasteiger partial charge < -0.3 is 4.74 Å². The lowest BCUT2D eigenvalue weighted by molar-refractivity contribution is -0.134. The topological polar surface area (TPSA) is 61.2 Å². The summed E-state index contributed by atoms with van der Waals surface area (Å²) in [4.78, 5) is 24.1. The van der Waals surface area contributed by atoms with Gasteiger partial charge >= 0.3 is 5.97 Å². The van der Waals surface area contributed by atoms with E-state index >= 15 is 0 Å². The number of ketones is 1. The van der Waals surface area contributed by atoms with Crippen LogP contribution in [0.3, 0.4) is 0 Å². The molecule has 0 fully saturated rings. The van der Waals surface area contributed by atoms with E-state index in [0.29, 0.717) is 30.6 Å². The Balaban J connectivity index is 1.68. The standard InChI is InChI=1S/C18H20N2O3/c1-12-13(11-20(2)19-12)9-10-18(22)23-17-8-4-5-14-15(17)6-3-7-16(14)21/h4-5,8,11H,3,6-7,9-10H2,1-2H3. The average Bonchev–Trinajstić information content (AvgIpc) is 2.84. The summed E-state index contributed by atoms with van der Waals surface area (Å²) in [5.41, 5.74) is 3.55. The Morgan fingerprint density at radius 2 is 2.17 bits per heavy atom. The van der Waals surface area contributed by atoms with Crippen molar-refractivity contribution in [3.63, 3.8) is 0 Å².